The van der Waals surface area contributed by atoms with Crippen LogP contribution in [0.15, 0.2) is 29.1 Å². The van der Waals surface area contributed by atoms with Crippen molar-refractivity contribution in [1.29, 1.82) is 0 Å². The zero-order valence-corrected chi connectivity index (χ0v) is 13.4. The third-order valence-corrected chi connectivity index (χ3v) is 3.71. The van der Waals surface area contributed by atoms with Crippen LogP contribution in [0.25, 0.3) is 0 Å². The van der Waals surface area contributed by atoms with Gasteiger partial charge in [-0.15, -0.1) is 0 Å². The van der Waals surface area contributed by atoms with Crippen molar-refractivity contribution >= 4 is 11.6 Å². The largest absolute Gasteiger partial charge is 0.506 e. The highest BCUT2D eigenvalue weighted by molar-refractivity contribution is 6.05. The van der Waals surface area contributed by atoms with Crippen molar-refractivity contribution in [3.05, 3.63) is 45.9 Å². The minimum absolute atomic E-state index is 0.0336. The van der Waals surface area contributed by atoms with E-state index in [2.05, 4.69) is 10.3 Å². The van der Waals surface area contributed by atoms with Gasteiger partial charge in [-0.05, 0) is 18.1 Å². The molecular formula is C17H18N2O5. The average Bonchev–Trinajstić information content (AvgIpc) is 2.55. The molecule has 2 heterocycles. The minimum atomic E-state index is -0.612. The first-order valence-electron chi connectivity index (χ1n) is 7.63. The van der Waals surface area contributed by atoms with Gasteiger partial charge in [-0.3, -0.25) is 9.59 Å². The first-order valence-corrected chi connectivity index (χ1v) is 7.63. The lowest BCUT2D eigenvalue weighted by molar-refractivity contribution is 0.102. The summed E-state index contributed by atoms with van der Waals surface area (Å²) in [4.78, 5) is 27.1. The normalized spacial score (nSPS) is 13.0. The van der Waals surface area contributed by atoms with Crippen LogP contribution in [0.4, 0.5) is 5.69 Å². The summed E-state index contributed by atoms with van der Waals surface area (Å²) in [5, 5.41) is 12.5. The highest BCUT2D eigenvalue weighted by atomic mass is 16.6. The third-order valence-electron chi connectivity index (χ3n) is 3.71. The number of carbonyl (C=O) groups is 1. The summed E-state index contributed by atoms with van der Waals surface area (Å²) in [6, 6.07) is 6.01. The maximum atomic E-state index is 12.3. The van der Waals surface area contributed by atoms with Gasteiger partial charge >= 0.3 is 0 Å². The molecule has 0 unspecified atom stereocenters. The molecule has 1 amide bonds. The molecule has 0 atom stereocenters. The second kappa shape index (κ2) is 6.27. The molecule has 0 radical (unpaired) electrons. The van der Waals surface area contributed by atoms with Crippen molar-refractivity contribution in [3.8, 4) is 17.2 Å². The monoisotopic (exact) mass is 330 g/mol. The molecule has 0 saturated heterocycles. The van der Waals surface area contributed by atoms with Crippen molar-refractivity contribution < 1.29 is 19.4 Å². The van der Waals surface area contributed by atoms with Gasteiger partial charge < -0.3 is 24.9 Å². The van der Waals surface area contributed by atoms with E-state index in [1.807, 2.05) is 13.8 Å². The molecular weight excluding hydrogens is 312 g/mol. The topological polar surface area (TPSA) is 101 Å². The van der Waals surface area contributed by atoms with Crippen molar-refractivity contribution in [1.82, 2.24) is 4.98 Å². The number of carbonyl (C=O) groups excluding carboxylic acids is 1. The summed E-state index contributed by atoms with van der Waals surface area (Å²) in [5.41, 5.74) is 0.389. The number of aromatic amines is 1. The van der Waals surface area contributed by atoms with E-state index < -0.39 is 11.5 Å². The average molecular weight is 330 g/mol. The third kappa shape index (κ3) is 3.05. The number of aromatic nitrogens is 1. The summed E-state index contributed by atoms with van der Waals surface area (Å²) in [7, 11) is 0. The highest BCUT2D eigenvalue weighted by Crippen LogP contribution is 2.39. The number of aromatic hydroxyl groups is 1. The Morgan fingerprint density at radius 1 is 1.21 bits per heavy atom. The van der Waals surface area contributed by atoms with E-state index in [-0.39, 0.29) is 22.9 Å². The van der Waals surface area contributed by atoms with Gasteiger partial charge in [0.1, 0.15) is 24.5 Å². The van der Waals surface area contributed by atoms with Crippen LogP contribution in [0.3, 0.4) is 0 Å². The number of phenolic OH excluding ortho intramolecular Hbond substituents is 1. The summed E-state index contributed by atoms with van der Waals surface area (Å²) >= 11 is 0. The lowest BCUT2D eigenvalue weighted by Crippen LogP contribution is -2.24. The smallest absolute Gasteiger partial charge is 0.261 e. The van der Waals surface area contributed by atoms with E-state index in [4.69, 9.17) is 9.47 Å². The zero-order chi connectivity index (χ0) is 17.3. The van der Waals surface area contributed by atoms with Crippen LogP contribution in [0.1, 0.15) is 35.8 Å². The van der Waals surface area contributed by atoms with Crippen LogP contribution in [0.5, 0.6) is 17.2 Å². The molecule has 0 spiro atoms. The molecule has 0 aliphatic carbocycles. The van der Waals surface area contributed by atoms with Crippen molar-refractivity contribution in [2.24, 2.45) is 0 Å². The van der Waals surface area contributed by atoms with Crippen LogP contribution in [0.2, 0.25) is 0 Å². The van der Waals surface area contributed by atoms with Crippen molar-refractivity contribution in [2.45, 2.75) is 19.8 Å². The standard InChI is InChI=1S/C17H18N2O5/c1-9(2)11-4-3-10(16(21)18-11)17(22)19-12-7-14-15(8-13(12)20)24-6-5-23-14/h3-4,7-9,20H,5-6H2,1-2H3,(H,18,21)(H,19,22). The summed E-state index contributed by atoms with van der Waals surface area (Å²) in [6.45, 7) is 4.67. The van der Waals surface area contributed by atoms with Gasteiger partial charge in [-0.1, -0.05) is 13.8 Å². The van der Waals surface area contributed by atoms with Crippen LogP contribution >= 0.6 is 0 Å². The Hall–Kier alpha value is -2.96. The van der Waals surface area contributed by atoms with Gasteiger partial charge in [0, 0.05) is 17.8 Å². The number of ether oxygens (including phenoxy) is 2. The quantitative estimate of drug-likeness (QED) is 0.749. The molecule has 3 N–H and O–H groups in total. The SMILES string of the molecule is CC(C)c1ccc(C(=O)Nc2cc3c(cc2O)OCCO3)c(=O)[nH]1. The van der Waals surface area contributed by atoms with Gasteiger partial charge in [0.2, 0.25) is 0 Å². The first kappa shape index (κ1) is 15.9. The van der Waals surface area contributed by atoms with Gasteiger partial charge in [0.05, 0.1) is 5.69 Å². The van der Waals surface area contributed by atoms with E-state index in [1.54, 1.807) is 6.07 Å². The molecule has 1 aromatic heterocycles. The lowest BCUT2D eigenvalue weighted by Gasteiger charge is -2.19. The zero-order valence-electron chi connectivity index (χ0n) is 13.4. The van der Waals surface area contributed by atoms with E-state index in [1.165, 1.54) is 18.2 Å². The first-order chi connectivity index (χ1) is 11.5. The van der Waals surface area contributed by atoms with Crippen LogP contribution in [-0.2, 0) is 0 Å². The number of H-pyrrole nitrogens is 1. The molecule has 2 aromatic rings. The number of anilines is 1. The van der Waals surface area contributed by atoms with Gasteiger partial charge in [0.25, 0.3) is 11.5 Å². The highest BCUT2D eigenvalue weighted by Gasteiger charge is 2.18. The Kier molecular flexibility index (Phi) is 4.16. The van der Waals surface area contributed by atoms with Crippen molar-refractivity contribution in [3.63, 3.8) is 0 Å². The van der Waals surface area contributed by atoms with E-state index in [0.29, 0.717) is 24.7 Å². The molecule has 126 valence electrons. The summed E-state index contributed by atoms with van der Waals surface area (Å²) in [6.07, 6.45) is 0. The van der Waals surface area contributed by atoms with Gasteiger partial charge in [-0.25, -0.2) is 0 Å². The minimum Gasteiger partial charge on any atom is -0.506 e. The molecule has 1 aliphatic heterocycles. The van der Waals surface area contributed by atoms with E-state index in [9.17, 15) is 14.7 Å². The Morgan fingerprint density at radius 3 is 2.50 bits per heavy atom. The van der Waals surface area contributed by atoms with Crippen LogP contribution in [0, 0.1) is 0 Å². The molecule has 24 heavy (non-hydrogen) atoms. The Morgan fingerprint density at radius 2 is 1.88 bits per heavy atom. The summed E-state index contributed by atoms with van der Waals surface area (Å²) in [5.74, 6) is 0.215. The molecule has 1 aromatic carbocycles. The molecule has 0 fully saturated rings. The molecule has 0 saturated carbocycles. The molecule has 1 aliphatic rings. The number of phenols is 1. The Labute approximate surface area is 138 Å². The maximum absolute atomic E-state index is 12.3. The number of nitrogens with one attached hydrogen (secondary N) is 2. The molecule has 7 heteroatoms. The molecule has 0 bridgehead atoms. The maximum Gasteiger partial charge on any atom is 0.261 e. The number of benzene rings is 1. The molecule has 7 nitrogen and oxygen atoms in total. The second-order valence-electron chi connectivity index (χ2n) is 5.78. The van der Waals surface area contributed by atoms with Crippen molar-refractivity contribution in [2.75, 3.05) is 18.5 Å². The van der Waals surface area contributed by atoms with E-state index in [0.717, 1.165) is 5.69 Å². The number of hydrogen-bond acceptors (Lipinski definition) is 5. The lowest BCUT2D eigenvalue weighted by atomic mass is 10.1. The Balaban J connectivity index is 1.86. The number of rotatable bonds is 3. The number of hydrogen-bond donors (Lipinski definition) is 3. The fourth-order valence-corrected chi connectivity index (χ4v) is 2.37. The van der Waals surface area contributed by atoms with E-state index >= 15 is 0 Å². The number of amides is 1. The van der Waals surface area contributed by atoms with Gasteiger partial charge in [0.15, 0.2) is 11.5 Å². The van der Waals surface area contributed by atoms with Crippen LogP contribution in [-0.4, -0.2) is 29.2 Å². The Bertz CT molecular complexity index is 841. The fraction of sp³-hybridized carbons (Fsp3) is 0.294. The second-order valence-corrected chi connectivity index (χ2v) is 5.78. The molecule has 3 rings (SSSR count). The predicted molar refractivity (Wildman–Crippen MR) is 88.2 cm³/mol. The van der Waals surface area contributed by atoms with Gasteiger partial charge in [-0.2, -0.15) is 0 Å². The summed E-state index contributed by atoms with van der Waals surface area (Å²) < 4.78 is 10.8. The number of pyridine rings is 1. The predicted octanol–water partition coefficient (Wildman–Crippen LogP) is 2.23. The number of fused-ring (bicyclic) bond motifs is 1. The fourth-order valence-electron chi connectivity index (χ4n) is 2.37. The van der Waals surface area contributed by atoms with Crippen LogP contribution < -0.4 is 20.3 Å².